The molecule has 2 aromatic rings. The standard InChI is InChI=1S/C10H8F3N5OS/c1-4-15-9(18-17-4)20-8-5(7(14)19)2-3-6(16-8)10(11,12)13/h2-3H,1H3,(H2,14,19)(H,15,17,18). The Kier molecular flexibility index (Phi) is 3.66. The molecule has 0 fully saturated rings. The van der Waals surface area contributed by atoms with Crippen LogP contribution < -0.4 is 5.73 Å². The molecule has 0 saturated carbocycles. The number of carbonyl (C=O) groups excluding carboxylic acids is 1. The number of aryl methyl sites for hydroxylation is 1. The molecule has 0 saturated heterocycles. The summed E-state index contributed by atoms with van der Waals surface area (Å²) in [6.45, 7) is 1.63. The monoisotopic (exact) mass is 303 g/mol. The van der Waals surface area contributed by atoms with E-state index in [1.54, 1.807) is 6.92 Å². The van der Waals surface area contributed by atoms with Crippen LogP contribution in [0.3, 0.4) is 0 Å². The molecule has 0 aromatic carbocycles. The van der Waals surface area contributed by atoms with Crippen molar-refractivity contribution < 1.29 is 18.0 Å². The molecule has 1 amide bonds. The zero-order valence-electron chi connectivity index (χ0n) is 10.0. The van der Waals surface area contributed by atoms with Crippen molar-refractivity contribution in [2.75, 3.05) is 0 Å². The number of amides is 1. The SMILES string of the molecule is Cc1nc(Sc2nc(C(F)(F)F)ccc2C(N)=O)n[nH]1. The van der Waals surface area contributed by atoms with Crippen LogP contribution in [0.25, 0.3) is 0 Å². The molecule has 2 heterocycles. The first-order valence-corrected chi connectivity index (χ1v) is 6.04. The molecule has 0 bridgehead atoms. The van der Waals surface area contributed by atoms with Crippen LogP contribution in [0.15, 0.2) is 22.3 Å². The highest BCUT2D eigenvalue weighted by Crippen LogP contribution is 2.32. The van der Waals surface area contributed by atoms with Crippen LogP contribution in [0.4, 0.5) is 13.2 Å². The third kappa shape index (κ3) is 3.07. The van der Waals surface area contributed by atoms with E-state index in [0.29, 0.717) is 11.9 Å². The molecule has 20 heavy (non-hydrogen) atoms. The minimum absolute atomic E-state index is 0.120. The normalized spacial score (nSPS) is 11.6. The summed E-state index contributed by atoms with van der Waals surface area (Å²) in [7, 11) is 0. The molecule has 0 aliphatic carbocycles. The Morgan fingerprint density at radius 2 is 2.05 bits per heavy atom. The molecule has 3 N–H and O–H groups in total. The lowest BCUT2D eigenvalue weighted by molar-refractivity contribution is -0.141. The molecule has 0 aliphatic heterocycles. The van der Waals surface area contributed by atoms with E-state index in [9.17, 15) is 18.0 Å². The van der Waals surface area contributed by atoms with E-state index in [0.717, 1.165) is 17.8 Å². The number of pyridine rings is 1. The molecule has 2 aromatic heterocycles. The molecular weight excluding hydrogens is 295 g/mol. The van der Waals surface area contributed by atoms with Gasteiger partial charge in [-0.25, -0.2) is 9.97 Å². The van der Waals surface area contributed by atoms with Gasteiger partial charge in [-0.1, -0.05) is 0 Å². The van der Waals surface area contributed by atoms with Gasteiger partial charge in [0.05, 0.1) is 5.56 Å². The number of nitrogens with one attached hydrogen (secondary N) is 1. The number of aromatic amines is 1. The van der Waals surface area contributed by atoms with Gasteiger partial charge in [-0.3, -0.25) is 9.89 Å². The van der Waals surface area contributed by atoms with Crippen LogP contribution in [-0.2, 0) is 6.18 Å². The number of hydrogen-bond donors (Lipinski definition) is 2. The van der Waals surface area contributed by atoms with Crippen LogP contribution >= 0.6 is 11.8 Å². The zero-order chi connectivity index (χ0) is 14.9. The van der Waals surface area contributed by atoms with Crippen LogP contribution in [0.2, 0.25) is 0 Å². The first-order chi connectivity index (χ1) is 9.27. The van der Waals surface area contributed by atoms with Gasteiger partial charge >= 0.3 is 6.18 Å². The third-order valence-corrected chi connectivity index (χ3v) is 3.05. The highest BCUT2D eigenvalue weighted by molar-refractivity contribution is 7.99. The van der Waals surface area contributed by atoms with Crippen molar-refractivity contribution in [1.82, 2.24) is 20.2 Å². The summed E-state index contributed by atoms with van der Waals surface area (Å²) < 4.78 is 37.9. The molecule has 0 aliphatic rings. The number of primary amides is 1. The summed E-state index contributed by atoms with van der Waals surface area (Å²) >= 11 is 0.728. The van der Waals surface area contributed by atoms with Crippen molar-refractivity contribution in [2.24, 2.45) is 5.73 Å². The molecule has 0 radical (unpaired) electrons. The van der Waals surface area contributed by atoms with Gasteiger partial charge in [-0.15, -0.1) is 5.10 Å². The second kappa shape index (κ2) is 5.12. The zero-order valence-corrected chi connectivity index (χ0v) is 10.8. The maximum atomic E-state index is 12.6. The summed E-state index contributed by atoms with van der Waals surface area (Å²) in [5.41, 5.74) is 3.88. The Morgan fingerprint density at radius 3 is 2.55 bits per heavy atom. The fraction of sp³-hybridized carbons (Fsp3) is 0.200. The van der Waals surface area contributed by atoms with Crippen molar-refractivity contribution in [2.45, 2.75) is 23.3 Å². The Bertz CT molecular complexity index is 655. The second-order valence-corrected chi connectivity index (χ2v) is 4.67. The van der Waals surface area contributed by atoms with Gasteiger partial charge in [-0.2, -0.15) is 13.2 Å². The molecule has 0 atom stereocenters. The maximum Gasteiger partial charge on any atom is 0.433 e. The van der Waals surface area contributed by atoms with Gasteiger partial charge in [0.2, 0.25) is 5.16 Å². The first-order valence-electron chi connectivity index (χ1n) is 5.22. The smallest absolute Gasteiger partial charge is 0.366 e. The van der Waals surface area contributed by atoms with Gasteiger partial charge in [0.1, 0.15) is 16.5 Å². The number of nitrogens with two attached hydrogens (primary N) is 1. The Balaban J connectivity index is 2.44. The van der Waals surface area contributed by atoms with E-state index < -0.39 is 17.8 Å². The highest BCUT2D eigenvalue weighted by atomic mass is 32.2. The predicted octanol–water partition coefficient (Wildman–Crippen LogP) is 1.78. The molecule has 6 nitrogen and oxygen atoms in total. The molecule has 106 valence electrons. The number of hydrogen-bond acceptors (Lipinski definition) is 5. The van der Waals surface area contributed by atoms with E-state index in [2.05, 4.69) is 20.2 Å². The van der Waals surface area contributed by atoms with Crippen molar-refractivity contribution in [3.05, 3.63) is 29.2 Å². The highest BCUT2D eigenvalue weighted by Gasteiger charge is 2.33. The summed E-state index contributed by atoms with van der Waals surface area (Å²) in [4.78, 5) is 18.6. The molecule has 2 rings (SSSR count). The number of aromatic nitrogens is 4. The van der Waals surface area contributed by atoms with Crippen molar-refractivity contribution in [3.8, 4) is 0 Å². The van der Waals surface area contributed by atoms with E-state index in [1.165, 1.54) is 0 Å². The fourth-order valence-electron chi connectivity index (χ4n) is 1.32. The van der Waals surface area contributed by atoms with Gasteiger partial charge < -0.3 is 5.73 Å². The van der Waals surface area contributed by atoms with Crippen LogP contribution in [0.1, 0.15) is 21.9 Å². The summed E-state index contributed by atoms with van der Waals surface area (Å²) in [5, 5.41) is 6.25. The average molecular weight is 303 g/mol. The molecule has 0 unspecified atom stereocenters. The number of H-pyrrole nitrogens is 1. The third-order valence-electron chi connectivity index (χ3n) is 2.18. The Hall–Kier alpha value is -2.10. The fourth-order valence-corrected chi connectivity index (χ4v) is 2.19. The van der Waals surface area contributed by atoms with E-state index in [4.69, 9.17) is 5.73 Å². The van der Waals surface area contributed by atoms with E-state index >= 15 is 0 Å². The predicted molar refractivity (Wildman–Crippen MR) is 63.0 cm³/mol. The number of alkyl halides is 3. The first kappa shape index (κ1) is 14.3. The summed E-state index contributed by atoms with van der Waals surface area (Å²) in [6, 6.07) is 1.69. The van der Waals surface area contributed by atoms with E-state index in [-0.39, 0.29) is 15.7 Å². The topological polar surface area (TPSA) is 97.6 Å². The van der Waals surface area contributed by atoms with Crippen LogP contribution in [0, 0.1) is 6.92 Å². The van der Waals surface area contributed by atoms with Crippen molar-refractivity contribution in [1.29, 1.82) is 0 Å². The lowest BCUT2D eigenvalue weighted by Crippen LogP contribution is -2.16. The van der Waals surface area contributed by atoms with Gasteiger partial charge in [0.25, 0.3) is 5.91 Å². The number of halogens is 3. The van der Waals surface area contributed by atoms with Crippen molar-refractivity contribution in [3.63, 3.8) is 0 Å². The minimum atomic E-state index is -4.61. The molecule has 0 spiro atoms. The van der Waals surface area contributed by atoms with Crippen molar-refractivity contribution >= 4 is 17.7 Å². The van der Waals surface area contributed by atoms with Gasteiger partial charge in [-0.05, 0) is 30.8 Å². The summed E-state index contributed by atoms with van der Waals surface area (Å²) in [6.07, 6.45) is -4.61. The molecule has 10 heteroatoms. The van der Waals surface area contributed by atoms with Gasteiger partial charge in [0.15, 0.2) is 0 Å². The summed E-state index contributed by atoms with van der Waals surface area (Å²) in [5.74, 6) is -0.388. The second-order valence-electron chi connectivity index (χ2n) is 3.72. The average Bonchev–Trinajstić information content (AvgIpc) is 2.73. The largest absolute Gasteiger partial charge is 0.433 e. The maximum absolute atomic E-state index is 12.6. The lowest BCUT2D eigenvalue weighted by atomic mass is 10.2. The number of rotatable bonds is 3. The lowest BCUT2D eigenvalue weighted by Gasteiger charge is -2.09. The van der Waals surface area contributed by atoms with Crippen LogP contribution in [-0.4, -0.2) is 26.1 Å². The molecular formula is C10H8F3N5OS. The van der Waals surface area contributed by atoms with Crippen LogP contribution in [0.5, 0.6) is 0 Å². The van der Waals surface area contributed by atoms with E-state index in [1.807, 2.05) is 0 Å². The quantitative estimate of drug-likeness (QED) is 0.900. The van der Waals surface area contributed by atoms with Gasteiger partial charge in [0, 0.05) is 0 Å². The number of nitrogens with zero attached hydrogens (tertiary/aromatic N) is 3. The number of carbonyl (C=O) groups is 1. The Morgan fingerprint density at radius 1 is 1.35 bits per heavy atom. The Labute approximate surface area is 115 Å². The minimum Gasteiger partial charge on any atom is -0.366 e.